The molecule has 1 aliphatic rings. The molecule has 0 atom stereocenters. The fraction of sp³-hybridized carbons (Fsp3) is 0.176. The molecule has 24 heavy (non-hydrogen) atoms. The second-order valence-corrected chi connectivity index (χ2v) is 5.62. The standard InChI is InChI=1S/C17H14N4O3/c22-21(23)11-8-9-16(18-10-11)24-20-15-7-3-6-14-17(15)12-4-1-2-5-13(12)19-14/h1-2,4-5,8-10,19H,3,6-7H2. The predicted octanol–water partition coefficient (Wildman–Crippen LogP) is 3.59. The molecule has 3 aromatic rings. The normalized spacial score (nSPS) is 15.4. The van der Waals surface area contributed by atoms with Gasteiger partial charge in [0, 0.05) is 34.3 Å². The van der Waals surface area contributed by atoms with Crippen LogP contribution in [0.25, 0.3) is 10.9 Å². The average molecular weight is 322 g/mol. The second-order valence-electron chi connectivity index (χ2n) is 5.62. The van der Waals surface area contributed by atoms with Crippen LogP contribution in [0.2, 0.25) is 0 Å². The third kappa shape index (κ3) is 2.50. The molecule has 0 aliphatic heterocycles. The predicted molar refractivity (Wildman–Crippen MR) is 89.3 cm³/mol. The van der Waals surface area contributed by atoms with Gasteiger partial charge in [-0.3, -0.25) is 10.1 Å². The number of nitrogens with one attached hydrogen (secondary N) is 1. The highest BCUT2D eigenvalue weighted by atomic mass is 16.6. The summed E-state index contributed by atoms with van der Waals surface area (Å²) in [5.74, 6) is 0.236. The number of aryl methyl sites for hydroxylation is 1. The lowest BCUT2D eigenvalue weighted by Gasteiger charge is -2.13. The van der Waals surface area contributed by atoms with E-state index >= 15 is 0 Å². The minimum absolute atomic E-state index is 0.0772. The molecular formula is C17H14N4O3. The molecule has 7 heteroatoms. The lowest BCUT2D eigenvalue weighted by Crippen LogP contribution is -2.12. The lowest BCUT2D eigenvalue weighted by atomic mass is 9.94. The largest absolute Gasteiger partial charge is 0.358 e. The number of benzene rings is 1. The van der Waals surface area contributed by atoms with Gasteiger partial charge >= 0.3 is 0 Å². The third-order valence-corrected chi connectivity index (χ3v) is 4.09. The number of rotatable bonds is 3. The molecule has 1 aromatic carbocycles. The summed E-state index contributed by atoms with van der Waals surface area (Å²) < 4.78 is 0. The van der Waals surface area contributed by atoms with E-state index < -0.39 is 4.92 Å². The molecule has 1 N–H and O–H groups in total. The maximum Gasteiger partial charge on any atom is 0.287 e. The molecule has 1 aliphatic carbocycles. The molecular weight excluding hydrogens is 308 g/mol. The van der Waals surface area contributed by atoms with Crippen LogP contribution >= 0.6 is 0 Å². The van der Waals surface area contributed by atoms with Gasteiger partial charge in [0.1, 0.15) is 6.20 Å². The Morgan fingerprint density at radius 3 is 2.88 bits per heavy atom. The van der Waals surface area contributed by atoms with E-state index in [2.05, 4.69) is 21.2 Å². The molecule has 0 unspecified atom stereocenters. The molecule has 2 aromatic heterocycles. The van der Waals surface area contributed by atoms with Crippen molar-refractivity contribution in [3.8, 4) is 5.88 Å². The van der Waals surface area contributed by atoms with E-state index in [4.69, 9.17) is 4.84 Å². The highest BCUT2D eigenvalue weighted by Crippen LogP contribution is 2.29. The maximum atomic E-state index is 10.6. The molecule has 0 saturated carbocycles. The van der Waals surface area contributed by atoms with Gasteiger partial charge in [0.15, 0.2) is 0 Å². The number of fused-ring (bicyclic) bond motifs is 3. The minimum Gasteiger partial charge on any atom is -0.358 e. The molecule has 2 heterocycles. The highest BCUT2D eigenvalue weighted by Gasteiger charge is 2.21. The molecule has 0 amide bonds. The van der Waals surface area contributed by atoms with Crippen molar-refractivity contribution in [2.45, 2.75) is 19.3 Å². The molecule has 4 rings (SSSR count). The first-order valence-corrected chi connectivity index (χ1v) is 7.66. The summed E-state index contributed by atoms with van der Waals surface area (Å²) in [6, 6.07) is 10.9. The van der Waals surface area contributed by atoms with Gasteiger partial charge in [-0.15, -0.1) is 0 Å². The van der Waals surface area contributed by atoms with Crippen LogP contribution < -0.4 is 4.84 Å². The molecule has 7 nitrogen and oxygen atoms in total. The van der Waals surface area contributed by atoms with Crippen molar-refractivity contribution in [3.05, 3.63) is 64.0 Å². The van der Waals surface area contributed by atoms with Crippen LogP contribution in [0, 0.1) is 10.1 Å². The zero-order chi connectivity index (χ0) is 16.5. The Hall–Kier alpha value is -3.22. The summed E-state index contributed by atoms with van der Waals surface area (Å²) in [6.07, 6.45) is 3.96. The Labute approximate surface area is 137 Å². The van der Waals surface area contributed by atoms with Crippen molar-refractivity contribution in [2.75, 3.05) is 0 Å². The van der Waals surface area contributed by atoms with Crippen molar-refractivity contribution in [2.24, 2.45) is 5.16 Å². The van der Waals surface area contributed by atoms with Gasteiger partial charge in [0.05, 0.1) is 10.6 Å². The van der Waals surface area contributed by atoms with E-state index in [1.807, 2.05) is 18.2 Å². The number of para-hydroxylation sites is 1. The van der Waals surface area contributed by atoms with Crippen molar-refractivity contribution in [3.63, 3.8) is 0 Å². The molecule has 0 radical (unpaired) electrons. The number of aromatic nitrogens is 2. The van der Waals surface area contributed by atoms with E-state index in [9.17, 15) is 10.1 Å². The van der Waals surface area contributed by atoms with Gasteiger partial charge in [-0.2, -0.15) is 0 Å². The van der Waals surface area contributed by atoms with Crippen LogP contribution in [-0.2, 0) is 6.42 Å². The molecule has 0 saturated heterocycles. The summed E-state index contributed by atoms with van der Waals surface area (Å²) in [4.78, 5) is 22.9. The van der Waals surface area contributed by atoms with Crippen LogP contribution in [0.15, 0.2) is 47.8 Å². The number of pyridine rings is 1. The minimum atomic E-state index is -0.498. The SMILES string of the molecule is O=[N+]([O-])c1ccc(ON=C2CCCc3[nH]c4ccccc4c32)nc1. The Kier molecular flexibility index (Phi) is 3.45. The fourth-order valence-electron chi connectivity index (χ4n) is 3.00. The molecule has 0 spiro atoms. The number of nitro groups is 1. The van der Waals surface area contributed by atoms with Gasteiger partial charge < -0.3 is 9.82 Å². The number of hydrogen-bond donors (Lipinski definition) is 1. The first-order chi connectivity index (χ1) is 11.7. The summed E-state index contributed by atoms with van der Waals surface area (Å²) in [5, 5.41) is 16.0. The van der Waals surface area contributed by atoms with Gasteiger partial charge in [-0.25, -0.2) is 4.98 Å². The Bertz CT molecular complexity index is 944. The van der Waals surface area contributed by atoms with E-state index in [1.165, 1.54) is 17.8 Å². The maximum absolute atomic E-state index is 10.6. The lowest BCUT2D eigenvalue weighted by molar-refractivity contribution is -0.385. The zero-order valence-electron chi connectivity index (χ0n) is 12.7. The number of oxime groups is 1. The number of H-pyrrole nitrogens is 1. The van der Waals surface area contributed by atoms with Gasteiger partial charge in [-0.05, 0) is 25.3 Å². The van der Waals surface area contributed by atoms with Crippen molar-refractivity contribution in [1.82, 2.24) is 9.97 Å². The average Bonchev–Trinajstić information content (AvgIpc) is 2.99. The quantitative estimate of drug-likeness (QED) is 0.589. The summed E-state index contributed by atoms with van der Waals surface area (Å²) >= 11 is 0. The monoisotopic (exact) mass is 322 g/mol. The summed E-state index contributed by atoms with van der Waals surface area (Å²) in [7, 11) is 0. The topological polar surface area (TPSA) is 93.4 Å². The fourth-order valence-corrected chi connectivity index (χ4v) is 3.00. The number of hydrogen-bond acceptors (Lipinski definition) is 5. The summed E-state index contributed by atoms with van der Waals surface area (Å²) in [5.41, 5.74) is 4.14. The zero-order valence-corrected chi connectivity index (χ0v) is 12.7. The Morgan fingerprint density at radius 1 is 1.21 bits per heavy atom. The number of aromatic amines is 1. The Morgan fingerprint density at radius 2 is 2.08 bits per heavy atom. The second kappa shape index (κ2) is 5.77. The van der Waals surface area contributed by atoms with E-state index in [0.29, 0.717) is 0 Å². The van der Waals surface area contributed by atoms with Crippen molar-refractivity contribution >= 4 is 22.3 Å². The van der Waals surface area contributed by atoms with E-state index in [0.717, 1.165) is 47.6 Å². The molecule has 120 valence electrons. The van der Waals surface area contributed by atoms with Crippen molar-refractivity contribution < 1.29 is 9.76 Å². The van der Waals surface area contributed by atoms with Crippen LogP contribution in [0.1, 0.15) is 24.1 Å². The van der Waals surface area contributed by atoms with Crippen LogP contribution in [-0.4, -0.2) is 20.6 Å². The van der Waals surface area contributed by atoms with E-state index in [1.54, 1.807) is 0 Å². The summed E-state index contributed by atoms with van der Waals surface area (Å²) in [6.45, 7) is 0. The van der Waals surface area contributed by atoms with Gasteiger partial charge in [-0.1, -0.05) is 23.4 Å². The van der Waals surface area contributed by atoms with Crippen LogP contribution in [0.5, 0.6) is 5.88 Å². The third-order valence-electron chi connectivity index (χ3n) is 4.09. The first kappa shape index (κ1) is 14.4. The van der Waals surface area contributed by atoms with Crippen LogP contribution in [0.3, 0.4) is 0 Å². The van der Waals surface area contributed by atoms with Crippen molar-refractivity contribution in [1.29, 1.82) is 0 Å². The van der Waals surface area contributed by atoms with Gasteiger partial charge in [0.25, 0.3) is 5.69 Å². The molecule has 0 fully saturated rings. The van der Waals surface area contributed by atoms with E-state index in [-0.39, 0.29) is 11.6 Å². The van der Waals surface area contributed by atoms with Gasteiger partial charge in [0.2, 0.25) is 5.88 Å². The first-order valence-electron chi connectivity index (χ1n) is 7.66. The number of nitrogens with zero attached hydrogens (tertiary/aromatic N) is 3. The Balaban J connectivity index is 1.66. The van der Waals surface area contributed by atoms with Crippen LogP contribution in [0.4, 0.5) is 5.69 Å². The smallest absolute Gasteiger partial charge is 0.287 e. The molecule has 0 bridgehead atoms. The highest BCUT2D eigenvalue weighted by molar-refractivity contribution is 6.12.